The first-order chi connectivity index (χ1) is 11.6. The molecule has 0 saturated heterocycles. The van der Waals surface area contributed by atoms with E-state index in [1.54, 1.807) is 18.4 Å². The van der Waals surface area contributed by atoms with E-state index >= 15 is 0 Å². The summed E-state index contributed by atoms with van der Waals surface area (Å²) in [6.45, 7) is 7.88. The molecule has 0 aliphatic carbocycles. The van der Waals surface area contributed by atoms with Gasteiger partial charge in [0.15, 0.2) is 5.96 Å². The number of benzene rings is 1. The topological polar surface area (TPSA) is 45.7 Å². The lowest BCUT2D eigenvalue weighted by atomic mass is 10.1. The highest BCUT2D eigenvalue weighted by atomic mass is 127. The van der Waals surface area contributed by atoms with Gasteiger partial charge < -0.3 is 15.4 Å². The third-order valence-electron chi connectivity index (χ3n) is 3.81. The molecule has 2 N–H and O–H groups in total. The third-order valence-corrected chi connectivity index (χ3v) is 4.87. The van der Waals surface area contributed by atoms with E-state index in [1.807, 2.05) is 0 Å². The number of methoxy groups -OCH3 is 1. The molecule has 4 nitrogen and oxygen atoms in total. The molecule has 25 heavy (non-hydrogen) atoms. The van der Waals surface area contributed by atoms with Crippen molar-refractivity contribution in [3.8, 4) is 5.75 Å². The van der Waals surface area contributed by atoms with E-state index in [0.717, 1.165) is 36.8 Å². The Morgan fingerprint density at radius 3 is 2.76 bits per heavy atom. The maximum Gasteiger partial charge on any atom is 0.191 e. The summed E-state index contributed by atoms with van der Waals surface area (Å²) in [5.74, 6) is 1.80. The molecule has 2 aromatic rings. The third kappa shape index (κ3) is 6.86. The normalized spacial score (nSPS) is 12.2. The number of nitrogens with zero attached hydrogens (tertiary/aromatic N) is 1. The Bertz CT molecular complexity index is 659. The second-order valence-electron chi connectivity index (χ2n) is 5.70. The van der Waals surface area contributed by atoms with Gasteiger partial charge in [0.05, 0.1) is 13.2 Å². The SMILES string of the molecule is CCNC(=NCCc1ccc(C)c(OC)c1)NC(C)c1cccs1.I. The van der Waals surface area contributed by atoms with Crippen molar-refractivity contribution in [3.05, 3.63) is 51.7 Å². The van der Waals surface area contributed by atoms with Gasteiger partial charge in [0, 0.05) is 18.0 Å². The molecule has 1 heterocycles. The summed E-state index contributed by atoms with van der Waals surface area (Å²) in [7, 11) is 1.71. The summed E-state index contributed by atoms with van der Waals surface area (Å²) in [5, 5.41) is 8.87. The second kappa shape index (κ2) is 11.4. The number of nitrogens with one attached hydrogen (secondary N) is 2. The molecule has 0 radical (unpaired) electrons. The molecule has 0 aliphatic rings. The van der Waals surface area contributed by atoms with Crippen LogP contribution < -0.4 is 15.4 Å². The van der Waals surface area contributed by atoms with Crippen LogP contribution in [0, 0.1) is 6.92 Å². The molecule has 0 saturated carbocycles. The summed E-state index contributed by atoms with van der Waals surface area (Å²) >= 11 is 1.76. The summed E-state index contributed by atoms with van der Waals surface area (Å²) < 4.78 is 5.39. The van der Waals surface area contributed by atoms with Crippen molar-refractivity contribution < 1.29 is 4.74 Å². The van der Waals surface area contributed by atoms with Gasteiger partial charge in [-0.15, -0.1) is 35.3 Å². The number of hydrogen-bond acceptors (Lipinski definition) is 3. The van der Waals surface area contributed by atoms with E-state index in [4.69, 9.17) is 9.73 Å². The number of ether oxygens (including phenoxy) is 1. The van der Waals surface area contributed by atoms with Crippen LogP contribution in [-0.4, -0.2) is 26.2 Å². The van der Waals surface area contributed by atoms with Crippen molar-refractivity contribution >= 4 is 41.3 Å². The largest absolute Gasteiger partial charge is 0.496 e. The lowest BCUT2D eigenvalue weighted by molar-refractivity contribution is 0.411. The molecule has 1 aromatic heterocycles. The number of hydrogen-bond donors (Lipinski definition) is 2. The van der Waals surface area contributed by atoms with Crippen LogP contribution in [0.4, 0.5) is 0 Å². The first-order valence-electron chi connectivity index (χ1n) is 8.35. The first kappa shape index (κ1) is 21.8. The fourth-order valence-corrected chi connectivity index (χ4v) is 3.19. The van der Waals surface area contributed by atoms with Crippen LogP contribution in [-0.2, 0) is 6.42 Å². The molecule has 1 aromatic carbocycles. The van der Waals surface area contributed by atoms with Crippen molar-refractivity contribution in [1.29, 1.82) is 0 Å². The summed E-state index contributed by atoms with van der Waals surface area (Å²) in [6, 6.07) is 10.8. The molecule has 0 amide bonds. The number of guanidine groups is 1. The number of thiophene rings is 1. The van der Waals surface area contributed by atoms with E-state index < -0.39 is 0 Å². The van der Waals surface area contributed by atoms with Gasteiger partial charge in [-0.2, -0.15) is 0 Å². The molecular weight excluding hydrogens is 445 g/mol. The molecule has 1 unspecified atom stereocenters. The van der Waals surface area contributed by atoms with E-state index in [-0.39, 0.29) is 30.0 Å². The zero-order valence-corrected chi connectivity index (χ0v) is 18.5. The van der Waals surface area contributed by atoms with Gasteiger partial charge in [0.1, 0.15) is 5.75 Å². The molecule has 138 valence electrons. The molecule has 1 atom stereocenters. The zero-order valence-electron chi connectivity index (χ0n) is 15.3. The van der Waals surface area contributed by atoms with Gasteiger partial charge >= 0.3 is 0 Å². The van der Waals surface area contributed by atoms with Crippen molar-refractivity contribution in [2.45, 2.75) is 33.2 Å². The first-order valence-corrected chi connectivity index (χ1v) is 9.23. The quantitative estimate of drug-likeness (QED) is 0.353. The second-order valence-corrected chi connectivity index (χ2v) is 6.68. The minimum atomic E-state index is 0. The molecule has 0 spiro atoms. The van der Waals surface area contributed by atoms with Crippen LogP contribution in [0.3, 0.4) is 0 Å². The van der Waals surface area contributed by atoms with Crippen LogP contribution in [0.2, 0.25) is 0 Å². The highest BCUT2D eigenvalue weighted by Crippen LogP contribution is 2.19. The molecule has 0 fully saturated rings. The van der Waals surface area contributed by atoms with Gasteiger partial charge in [-0.3, -0.25) is 4.99 Å². The van der Waals surface area contributed by atoms with Crippen molar-refractivity contribution in [2.75, 3.05) is 20.2 Å². The van der Waals surface area contributed by atoms with Gasteiger partial charge in [0.25, 0.3) is 0 Å². The average molecular weight is 473 g/mol. The van der Waals surface area contributed by atoms with Crippen LogP contribution >= 0.6 is 35.3 Å². The van der Waals surface area contributed by atoms with Crippen molar-refractivity contribution in [1.82, 2.24) is 10.6 Å². The minimum Gasteiger partial charge on any atom is -0.496 e. The van der Waals surface area contributed by atoms with E-state index in [0.29, 0.717) is 0 Å². The summed E-state index contributed by atoms with van der Waals surface area (Å²) in [6.07, 6.45) is 0.889. The van der Waals surface area contributed by atoms with Crippen molar-refractivity contribution in [3.63, 3.8) is 0 Å². The predicted molar refractivity (Wildman–Crippen MR) is 119 cm³/mol. The minimum absolute atomic E-state index is 0. The smallest absolute Gasteiger partial charge is 0.191 e. The van der Waals surface area contributed by atoms with Crippen LogP contribution in [0.15, 0.2) is 40.7 Å². The molecular formula is C19H28IN3OS. The lowest BCUT2D eigenvalue weighted by Gasteiger charge is -2.16. The average Bonchev–Trinajstić information content (AvgIpc) is 3.11. The van der Waals surface area contributed by atoms with Gasteiger partial charge in [0.2, 0.25) is 0 Å². The van der Waals surface area contributed by atoms with Crippen LogP contribution in [0.1, 0.15) is 35.9 Å². The fraction of sp³-hybridized carbons (Fsp3) is 0.421. The van der Waals surface area contributed by atoms with E-state index in [9.17, 15) is 0 Å². The molecule has 0 aliphatic heterocycles. The highest BCUT2D eigenvalue weighted by Gasteiger charge is 2.08. The number of rotatable bonds is 7. The van der Waals surface area contributed by atoms with Crippen LogP contribution in [0.5, 0.6) is 5.75 Å². The van der Waals surface area contributed by atoms with Gasteiger partial charge in [-0.25, -0.2) is 0 Å². The van der Waals surface area contributed by atoms with Crippen LogP contribution in [0.25, 0.3) is 0 Å². The Kier molecular flexibility index (Phi) is 9.89. The van der Waals surface area contributed by atoms with Crippen molar-refractivity contribution in [2.24, 2.45) is 4.99 Å². The summed E-state index contributed by atoms with van der Waals surface area (Å²) in [5.41, 5.74) is 2.40. The standard InChI is InChI=1S/C19H27N3OS.HI/c1-5-20-19(22-15(3)18-7-6-12-24-18)21-11-10-16-9-8-14(2)17(13-16)23-4;/h6-9,12-13,15H,5,10-11H2,1-4H3,(H2,20,21,22);1H. The molecule has 0 bridgehead atoms. The zero-order chi connectivity index (χ0) is 17.4. The molecule has 2 rings (SSSR count). The maximum atomic E-state index is 5.39. The van der Waals surface area contributed by atoms with Gasteiger partial charge in [-0.1, -0.05) is 18.2 Å². The lowest BCUT2D eigenvalue weighted by Crippen LogP contribution is -2.38. The monoisotopic (exact) mass is 473 g/mol. The summed E-state index contributed by atoms with van der Waals surface area (Å²) in [4.78, 5) is 6.00. The van der Waals surface area contributed by atoms with E-state index in [2.05, 4.69) is 67.1 Å². The Hall–Kier alpha value is -1.28. The Morgan fingerprint density at radius 2 is 2.12 bits per heavy atom. The number of halogens is 1. The number of aliphatic imine (C=N–C) groups is 1. The van der Waals surface area contributed by atoms with E-state index in [1.165, 1.54) is 10.4 Å². The highest BCUT2D eigenvalue weighted by molar-refractivity contribution is 14.0. The number of aryl methyl sites for hydroxylation is 1. The Labute approximate surface area is 172 Å². The van der Waals surface area contributed by atoms with Gasteiger partial charge in [-0.05, 0) is 55.8 Å². The Morgan fingerprint density at radius 1 is 1.32 bits per heavy atom. The predicted octanol–water partition coefficient (Wildman–Crippen LogP) is 4.54. The Balaban J connectivity index is 0.00000312. The fourth-order valence-electron chi connectivity index (χ4n) is 2.45. The molecule has 6 heteroatoms. The maximum absolute atomic E-state index is 5.39.